The normalized spacial score (nSPS) is 12.6. The van der Waals surface area contributed by atoms with E-state index in [1.54, 1.807) is 32.9 Å². The minimum absolute atomic E-state index is 0.0144. The van der Waals surface area contributed by atoms with Gasteiger partial charge in [-0.05, 0) is 32.8 Å². The molecule has 1 rings (SSSR count). The number of nitrogens with zero attached hydrogens (tertiary/aromatic N) is 1. The summed E-state index contributed by atoms with van der Waals surface area (Å²) in [7, 11) is 0. The Morgan fingerprint density at radius 3 is 2.67 bits per heavy atom. The lowest BCUT2D eigenvalue weighted by molar-refractivity contribution is -0.384. The second-order valence-corrected chi connectivity index (χ2v) is 5.71. The van der Waals surface area contributed by atoms with Crippen molar-refractivity contribution < 1.29 is 14.5 Å². The van der Waals surface area contributed by atoms with Crippen LogP contribution in [0.1, 0.15) is 26.3 Å². The second kappa shape index (κ2) is 7.03. The molecule has 1 amide bonds. The van der Waals surface area contributed by atoms with E-state index >= 15 is 0 Å². The molecule has 0 heterocycles. The van der Waals surface area contributed by atoms with Crippen molar-refractivity contribution >= 4 is 11.8 Å². The number of nitro benzene ring substituents is 1. The van der Waals surface area contributed by atoms with E-state index in [0.717, 1.165) is 5.56 Å². The van der Waals surface area contributed by atoms with Crippen molar-refractivity contribution in [3.63, 3.8) is 0 Å². The molecule has 0 aliphatic rings. The Bertz CT molecular complexity index is 511. The van der Waals surface area contributed by atoms with Gasteiger partial charge in [0.05, 0.1) is 4.92 Å². The van der Waals surface area contributed by atoms with Crippen molar-refractivity contribution in [1.82, 2.24) is 5.32 Å². The fourth-order valence-corrected chi connectivity index (χ4v) is 1.75. The lowest BCUT2D eigenvalue weighted by atomic mass is 10.1. The fraction of sp³-hybridized carbons (Fsp3) is 0.500. The number of nitrogens with one attached hydrogen (secondary N) is 1. The molecule has 116 valence electrons. The molecular weight excluding hydrogens is 274 g/mol. The van der Waals surface area contributed by atoms with Crippen LogP contribution in [0.2, 0.25) is 0 Å². The molecule has 21 heavy (non-hydrogen) atoms. The van der Waals surface area contributed by atoms with Crippen molar-refractivity contribution in [3.8, 4) is 0 Å². The molecule has 1 aromatic carbocycles. The van der Waals surface area contributed by atoms with Crippen molar-refractivity contribution in [2.45, 2.75) is 38.8 Å². The predicted molar refractivity (Wildman–Crippen MR) is 79.0 cm³/mol. The summed E-state index contributed by atoms with van der Waals surface area (Å²) in [5, 5.41) is 13.4. The third-order valence-corrected chi connectivity index (χ3v) is 2.61. The van der Waals surface area contributed by atoms with Gasteiger partial charge in [-0.3, -0.25) is 10.1 Å². The molecule has 1 aromatic rings. The van der Waals surface area contributed by atoms with Crippen LogP contribution in [0.15, 0.2) is 24.3 Å². The van der Waals surface area contributed by atoms with E-state index in [0.29, 0.717) is 6.42 Å². The van der Waals surface area contributed by atoms with E-state index < -0.39 is 16.6 Å². The highest BCUT2D eigenvalue weighted by Crippen LogP contribution is 2.14. The molecular formula is C14H21N3O4. The quantitative estimate of drug-likeness (QED) is 0.638. The second-order valence-electron chi connectivity index (χ2n) is 5.71. The molecule has 1 unspecified atom stereocenters. The van der Waals surface area contributed by atoms with Gasteiger partial charge in [0.15, 0.2) is 0 Å². The number of ether oxygens (including phenoxy) is 1. The summed E-state index contributed by atoms with van der Waals surface area (Å²) in [6.45, 7) is 5.52. The first-order valence-corrected chi connectivity index (χ1v) is 6.64. The van der Waals surface area contributed by atoms with Gasteiger partial charge in [-0.15, -0.1) is 0 Å². The molecule has 7 heteroatoms. The molecule has 0 aliphatic carbocycles. The highest BCUT2D eigenvalue weighted by molar-refractivity contribution is 5.68. The fourth-order valence-electron chi connectivity index (χ4n) is 1.75. The number of benzene rings is 1. The van der Waals surface area contributed by atoms with Gasteiger partial charge in [-0.1, -0.05) is 12.1 Å². The number of nitro groups is 1. The van der Waals surface area contributed by atoms with Gasteiger partial charge in [0.2, 0.25) is 0 Å². The maximum Gasteiger partial charge on any atom is 0.407 e. The lowest BCUT2D eigenvalue weighted by Crippen LogP contribution is -2.44. The zero-order valence-electron chi connectivity index (χ0n) is 12.5. The Morgan fingerprint density at radius 2 is 2.14 bits per heavy atom. The molecule has 0 bridgehead atoms. The molecule has 3 N–H and O–H groups in total. The highest BCUT2D eigenvalue weighted by atomic mass is 16.6. The predicted octanol–water partition coefficient (Wildman–Crippen LogP) is 1.99. The maximum absolute atomic E-state index is 11.7. The van der Waals surface area contributed by atoms with E-state index in [4.69, 9.17) is 10.5 Å². The summed E-state index contributed by atoms with van der Waals surface area (Å²) < 4.78 is 5.16. The molecule has 0 aliphatic heterocycles. The number of carbonyl (C=O) groups excluding carboxylic acids is 1. The average molecular weight is 295 g/mol. The Hall–Kier alpha value is -2.15. The van der Waals surface area contributed by atoms with Gasteiger partial charge in [-0.25, -0.2) is 4.79 Å². The molecule has 0 aromatic heterocycles. The van der Waals surface area contributed by atoms with Gasteiger partial charge in [0.25, 0.3) is 5.69 Å². The molecule has 0 saturated carbocycles. The van der Waals surface area contributed by atoms with Gasteiger partial charge >= 0.3 is 6.09 Å². The molecule has 1 atom stereocenters. The number of carbonyl (C=O) groups is 1. The van der Waals surface area contributed by atoms with Crippen LogP contribution in [0.4, 0.5) is 10.5 Å². The Labute approximate surface area is 123 Å². The van der Waals surface area contributed by atoms with Crippen molar-refractivity contribution in [1.29, 1.82) is 0 Å². The van der Waals surface area contributed by atoms with Crippen LogP contribution >= 0.6 is 0 Å². The van der Waals surface area contributed by atoms with Crippen LogP contribution in [-0.4, -0.2) is 29.2 Å². The third kappa shape index (κ3) is 6.22. The molecule has 0 spiro atoms. The molecule has 0 radical (unpaired) electrons. The molecule has 0 fully saturated rings. The number of non-ortho nitro benzene ring substituents is 1. The van der Waals surface area contributed by atoms with Crippen LogP contribution in [-0.2, 0) is 11.2 Å². The van der Waals surface area contributed by atoms with Crippen LogP contribution in [0.3, 0.4) is 0 Å². The van der Waals surface area contributed by atoms with Crippen molar-refractivity contribution in [2.24, 2.45) is 5.73 Å². The van der Waals surface area contributed by atoms with Gasteiger partial charge in [0, 0.05) is 24.7 Å². The largest absolute Gasteiger partial charge is 0.444 e. The topological polar surface area (TPSA) is 107 Å². The van der Waals surface area contributed by atoms with Crippen LogP contribution in [0.25, 0.3) is 0 Å². The van der Waals surface area contributed by atoms with E-state index in [-0.39, 0.29) is 18.3 Å². The summed E-state index contributed by atoms with van der Waals surface area (Å²) in [6, 6.07) is 5.91. The highest BCUT2D eigenvalue weighted by Gasteiger charge is 2.19. The Kier molecular flexibility index (Phi) is 5.66. The van der Waals surface area contributed by atoms with Crippen molar-refractivity contribution in [2.75, 3.05) is 6.54 Å². The number of alkyl carbamates (subject to hydrolysis) is 1. The minimum atomic E-state index is -0.589. The molecule has 0 saturated heterocycles. The van der Waals surface area contributed by atoms with Crippen LogP contribution in [0.5, 0.6) is 0 Å². The van der Waals surface area contributed by atoms with E-state index in [1.165, 1.54) is 12.1 Å². The summed E-state index contributed by atoms with van der Waals surface area (Å²) in [5.41, 5.74) is 5.78. The lowest BCUT2D eigenvalue weighted by Gasteiger charge is -2.23. The summed E-state index contributed by atoms with van der Waals surface area (Å²) >= 11 is 0. The van der Waals surface area contributed by atoms with Crippen molar-refractivity contribution in [3.05, 3.63) is 39.9 Å². The number of hydrogen-bond donors (Lipinski definition) is 2. The monoisotopic (exact) mass is 295 g/mol. The van der Waals surface area contributed by atoms with Gasteiger partial charge in [-0.2, -0.15) is 0 Å². The van der Waals surface area contributed by atoms with Crippen LogP contribution in [0, 0.1) is 10.1 Å². The zero-order chi connectivity index (χ0) is 16.0. The minimum Gasteiger partial charge on any atom is -0.444 e. The van der Waals surface area contributed by atoms with E-state index in [2.05, 4.69) is 5.32 Å². The number of nitrogens with two attached hydrogens (primary N) is 1. The third-order valence-electron chi connectivity index (χ3n) is 2.61. The number of amides is 1. The average Bonchev–Trinajstić information content (AvgIpc) is 2.36. The zero-order valence-corrected chi connectivity index (χ0v) is 12.5. The van der Waals surface area contributed by atoms with Gasteiger partial charge < -0.3 is 15.8 Å². The molecule has 7 nitrogen and oxygen atoms in total. The number of hydrogen-bond acceptors (Lipinski definition) is 5. The summed E-state index contributed by atoms with van der Waals surface area (Å²) in [4.78, 5) is 22.0. The first kappa shape index (κ1) is 16.9. The van der Waals surface area contributed by atoms with Crippen LogP contribution < -0.4 is 11.1 Å². The number of rotatable bonds is 5. The first-order valence-electron chi connectivity index (χ1n) is 6.64. The Balaban J connectivity index is 2.68. The Morgan fingerprint density at radius 1 is 1.48 bits per heavy atom. The smallest absolute Gasteiger partial charge is 0.407 e. The SMILES string of the molecule is CC(C)(C)OC(=O)NC(CN)Cc1cccc([N+](=O)[O-])c1. The maximum atomic E-state index is 11.7. The first-order chi connectivity index (χ1) is 9.71. The van der Waals surface area contributed by atoms with Gasteiger partial charge in [0.1, 0.15) is 5.60 Å². The van der Waals surface area contributed by atoms with E-state index in [1.807, 2.05) is 0 Å². The summed E-state index contributed by atoms with van der Waals surface area (Å²) in [6.07, 6.45) is -0.152. The standard InChI is InChI=1S/C14H21N3O4/c1-14(2,3)21-13(18)16-11(9-15)7-10-5-4-6-12(8-10)17(19)20/h4-6,8,11H,7,9,15H2,1-3H3,(H,16,18). The summed E-state index contributed by atoms with van der Waals surface area (Å²) in [5.74, 6) is 0. The van der Waals surface area contributed by atoms with E-state index in [9.17, 15) is 14.9 Å².